The largest absolute Gasteiger partial charge is 0.497 e. The molecule has 5 rings (SSSR count). The van der Waals surface area contributed by atoms with Crippen LogP contribution in [-0.4, -0.2) is 22.1 Å². The molecule has 4 aromatic rings. The van der Waals surface area contributed by atoms with E-state index in [1.165, 1.54) is 11.1 Å². The number of hydrogen-bond donors (Lipinski definition) is 0. The Morgan fingerprint density at radius 3 is 2.53 bits per heavy atom. The molecule has 162 valence electrons. The molecule has 5 nitrogen and oxygen atoms in total. The Kier molecular flexibility index (Phi) is 4.97. The van der Waals surface area contributed by atoms with E-state index >= 15 is 0 Å². The van der Waals surface area contributed by atoms with E-state index in [9.17, 15) is 0 Å². The number of hydrogen-bond acceptors (Lipinski definition) is 4. The number of benzene rings is 3. The summed E-state index contributed by atoms with van der Waals surface area (Å²) in [4.78, 5) is 0. The van der Waals surface area contributed by atoms with Crippen LogP contribution in [0.15, 0.2) is 66.7 Å². The van der Waals surface area contributed by atoms with Gasteiger partial charge >= 0.3 is 0 Å². The van der Waals surface area contributed by atoms with Gasteiger partial charge < -0.3 is 9.47 Å². The van der Waals surface area contributed by atoms with Gasteiger partial charge in [0, 0.05) is 16.7 Å². The zero-order valence-corrected chi connectivity index (χ0v) is 18.9. The topological polar surface area (TPSA) is 49.2 Å². The minimum Gasteiger partial charge on any atom is -0.497 e. The number of aromatic nitrogens is 3. The molecule has 3 aromatic carbocycles. The quantitative estimate of drug-likeness (QED) is 0.413. The van der Waals surface area contributed by atoms with Crippen LogP contribution in [0.5, 0.6) is 11.5 Å². The maximum atomic E-state index is 6.27. The molecule has 0 unspecified atom stereocenters. The van der Waals surface area contributed by atoms with Crippen molar-refractivity contribution in [1.82, 2.24) is 15.0 Å². The second kappa shape index (κ2) is 7.83. The lowest BCUT2D eigenvalue weighted by Gasteiger charge is -2.23. The van der Waals surface area contributed by atoms with Crippen LogP contribution in [0.2, 0.25) is 0 Å². The van der Waals surface area contributed by atoms with Crippen LogP contribution in [0.3, 0.4) is 0 Å². The van der Waals surface area contributed by atoms with E-state index in [1.807, 2.05) is 35.0 Å². The van der Waals surface area contributed by atoms with Crippen molar-refractivity contribution >= 4 is 0 Å². The molecule has 0 N–H and O–H groups in total. The molecule has 0 saturated heterocycles. The van der Waals surface area contributed by atoms with Gasteiger partial charge in [-0.05, 0) is 46.9 Å². The third-order valence-electron chi connectivity index (χ3n) is 5.96. The van der Waals surface area contributed by atoms with Gasteiger partial charge in [0.25, 0.3) is 0 Å². The van der Waals surface area contributed by atoms with E-state index in [4.69, 9.17) is 9.47 Å². The van der Waals surface area contributed by atoms with Crippen molar-refractivity contribution in [3.63, 3.8) is 0 Å². The smallest absolute Gasteiger partial charge is 0.129 e. The fourth-order valence-electron chi connectivity index (χ4n) is 4.14. The molecule has 1 aliphatic heterocycles. The highest BCUT2D eigenvalue weighted by molar-refractivity contribution is 5.84. The third kappa shape index (κ3) is 3.64. The number of nitrogens with zero attached hydrogens (tertiary/aromatic N) is 3. The molecular formula is C27H27N3O2. The number of methoxy groups -OCH3 is 1. The Balaban J connectivity index is 1.74. The van der Waals surface area contributed by atoms with Gasteiger partial charge in [0.1, 0.15) is 23.8 Å². The van der Waals surface area contributed by atoms with E-state index in [0.29, 0.717) is 13.2 Å². The molecule has 32 heavy (non-hydrogen) atoms. The molecular weight excluding hydrogens is 398 g/mol. The molecule has 0 saturated carbocycles. The van der Waals surface area contributed by atoms with E-state index in [-0.39, 0.29) is 5.41 Å². The van der Waals surface area contributed by atoms with Crippen molar-refractivity contribution in [3.8, 4) is 34.0 Å². The average molecular weight is 426 g/mol. The Morgan fingerprint density at radius 2 is 1.78 bits per heavy atom. The predicted molar refractivity (Wildman–Crippen MR) is 126 cm³/mol. The van der Waals surface area contributed by atoms with Crippen LogP contribution in [0.25, 0.3) is 22.5 Å². The van der Waals surface area contributed by atoms with Crippen LogP contribution in [0.4, 0.5) is 0 Å². The first-order valence-electron chi connectivity index (χ1n) is 10.9. The summed E-state index contributed by atoms with van der Waals surface area (Å²) in [5.41, 5.74) is 7.36. The van der Waals surface area contributed by atoms with Crippen LogP contribution in [0, 0.1) is 0 Å². The summed E-state index contributed by atoms with van der Waals surface area (Å²) >= 11 is 0. The molecule has 0 atom stereocenters. The molecule has 0 fully saturated rings. The van der Waals surface area contributed by atoms with Crippen molar-refractivity contribution in [2.75, 3.05) is 7.11 Å². The monoisotopic (exact) mass is 425 g/mol. The van der Waals surface area contributed by atoms with Crippen LogP contribution >= 0.6 is 0 Å². The lowest BCUT2D eigenvalue weighted by molar-refractivity contribution is 0.306. The minimum atomic E-state index is 0.0167. The Morgan fingerprint density at radius 1 is 0.969 bits per heavy atom. The van der Waals surface area contributed by atoms with Gasteiger partial charge in [0.15, 0.2) is 0 Å². The van der Waals surface area contributed by atoms with Crippen molar-refractivity contribution in [3.05, 3.63) is 83.4 Å². The summed E-state index contributed by atoms with van der Waals surface area (Å²) in [7, 11) is 1.68. The van der Waals surface area contributed by atoms with E-state index < -0.39 is 0 Å². The summed E-state index contributed by atoms with van der Waals surface area (Å²) in [6.07, 6.45) is 0. The van der Waals surface area contributed by atoms with Crippen LogP contribution < -0.4 is 9.47 Å². The van der Waals surface area contributed by atoms with Crippen LogP contribution in [-0.2, 0) is 18.6 Å². The van der Waals surface area contributed by atoms with Crippen molar-refractivity contribution in [2.24, 2.45) is 0 Å². The summed E-state index contributed by atoms with van der Waals surface area (Å²) < 4.78 is 13.7. The zero-order valence-electron chi connectivity index (χ0n) is 18.9. The summed E-state index contributed by atoms with van der Waals surface area (Å²) in [6.45, 7) is 7.74. The second-order valence-corrected chi connectivity index (χ2v) is 9.20. The van der Waals surface area contributed by atoms with Gasteiger partial charge in [-0.25, -0.2) is 4.68 Å². The van der Waals surface area contributed by atoms with Gasteiger partial charge in [0.05, 0.1) is 19.3 Å². The molecule has 1 aliphatic rings. The van der Waals surface area contributed by atoms with E-state index in [2.05, 4.69) is 67.5 Å². The fraction of sp³-hybridized carbons (Fsp3) is 0.259. The molecule has 0 bridgehead atoms. The van der Waals surface area contributed by atoms with E-state index in [0.717, 1.165) is 39.6 Å². The Labute approximate surface area is 188 Å². The van der Waals surface area contributed by atoms with Gasteiger partial charge in [-0.2, -0.15) is 0 Å². The van der Waals surface area contributed by atoms with Gasteiger partial charge in [0.2, 0.25) is 0 Å². The first-order valence-corrected chi connectivity index (χ1v) is 10.9. The Bertz CT molecular complexity index is 1270. The predicted octanol–water partition coefficient (Wildman–Crippen LogP) is 5.86. The number of ether oxygens (including phenoxy) is 2. The molecule has 0 spiro atoms. The van der Waals surface area contributed by atoms with Gasteiger partial charge in [-0.15, -0.1) is 5.10 Å². The van der Waals surface area contributed by atoms with Crippen molar-refractivity contribution in [2.45, 2.75) is 39.3 Å². The summed E-state index contributed by atoms with van der Waals surface area (Å²) in [5.74, 6) is 1.62. The van der Waals surface area contributed by atoms with E-state index in [1.54, 1.807) is 7.11 Å². The zero-order chi connectivity index (χ0) is 22.3. The molecule has 5 heteroatoms. The number of fused-ring (bicyclic) bond motifs is 5. The summed E-state index contributed by atoms with van der Waals surface area (Å²) in [5, 5.41) is 9.25. The fourth-order valence-corrected chi connectivity index (χ4v) is 4.14. The minimum absolute atomic E-state index is 0.0167. The standard InChI is InChI=1S/C27H27N3O2/c1-27(2,3)20-10-13-24-23(15-20)25-26(22-12-11-21(31-4)14-19(22)17-32-24)30(29-28-25)16-18-8-6-5-7-9-18/h5-15H,16-17H2,1-4H3. The van der Waals surface area contributed by atoms with Crippen LogP contribution in [0.1, 0.15) is 37.5 Å². The highest BCUT2D eigenvalue weighted by Gasteiger charge is 2.26. The lowest BCUT2D eigenvalue weighted by atomic mass is 9.85. The molecule has 1 aromatic heterocycles. The molecule has 0 radical (unpaired) electrons. The van der Waals surface area contributed by atoms with Crippen molar-refractivity contribution in [1.29, 1.82) is 0 Å². The first-order chi connectivity index (χ1) is 15.4. The lowest BCUT2D eigenvalue weighted by Crippen LogP contribution is -2.12. The highest BCUT2D eigenvalue weighted by Crippen LogP contribution is 2.42. The van der Waals surface area contributed by atoms with Crippen molar-refractivity contribution < 1.29 is 9.47 Å². The van der Waals surface area contributed by atoms with Gasteiger partial charge in [-0.3, -0.25) is 0 Å². The third-order valence-corrected chi connectivity index (χ3v) is 5.96. The highest BCUT2D eigenvalue weighted by atomic mass is 16.5. The number of rotatable bonds is 3. The Hall–Kier alpha value is -3.60. The first kappa shape index (κ1) is 20.3. The molecule has 0 amide bonds. The molecule has 2 heterocycles. The average Bonchev–Trinajstić information content (AvgIpc) is 3.18. The maximum Gasteiger partial charge on any atom is 0.129 e. The SMILES string of the molecule is COc1ccc2c(c1)COc1ccc(C(C)(C)C)cc1-c1nnn(Cc3ccccc3)c1-2. The molecule has 0 aliphatic carbocycles. The van der Waals surface area contributed by atoms with Gasteiger partial charge in [-0.1, -0.05) is 62.4 Å². The maximum absolute atomic E-state index is 6.27. The summed E-state index contributed by atoms with van der Waals surface area (Å²) in [6, 6.07) is 22.8. The second-order valence-electron chi connectivity index (χ2n) is 9.20. The normalized spacial score (nSPS) is 12.6.